The number of hydrogen-bond acceptors (Lipinski definition) is 1. The minimum Gasteiger partial charge on any atom is -0.306 e. The Kier molecular flexibility index (Phi) is 6.40. The molecule has 0 saturated heterocycles. The predicted octanol–water partition coefficient (Wildman–Crippen LogP) is 5.61. The second kappa shape index (κ2) is 8.30. The highest BCUT2D eigenvalue weighted by atomic mass is 79.9. The van der Waals surface area contributed by atoms with Crippen LogP contribution in [0.4, 0.5) is 4.39 Å². The Morgan fingerprint density at radius 2 is 1.81 bits per heavy atom. The van der Waals surface area contributed by atoms with E-state index in [0.717, 1.165) is 35.8 Å². The molecule has 0 saturated carbocycles. The lowest BCUT2D eigenvalue weighted by atomic mass is 10.0. The Morgan fingerprint density at radius 1 is 1.10 bits per heavy atom. The van der Waals surface area contributed by atoms with Gasteiger partial charge in [-0.2, -0.15) is 0 Å². The molecule has 1 N–H and O–H groups in total. The van der Waals surface area contributed by atoms with Gasteiger partial charge in [-0.25, -0.2) is 4.39 Å². The Morgan fingerprint density at radius 3 is 2.48 bits per heavy atom. The topological polar surface area (TPSA) is 12.0 Å². The predicted molar refractivity (Wildman–Crippen MR) is 89.6 cm³/mol. The molecule has 0 amide bonds. The average Bonchev–Trinajstić information content (AvgIpc) is 2.50. The molecular formula is C18H21BrFN. The summed E-state index contributed by atoms with van der Waals surface area (Å²) in [6.45, 7) is 2.99. The monoisotopic (exact) mass is 349 g/mol. The minimum absolute atomic E-state index is 0.182. The van der Waals surface area contributed by atoms with E-state index < -0.39 is 0 Å². The third-order valence-electron chi connectivity index (χ3n) is 3.62. The smallest absolute Gasteiger partial charge is 0.123 e. The zero-order valence-electron chi connectivity index (χ0n) is 12.3. The Bertz CT molecular complexity index is 553. The molecule has 0 bridgehead atoms. The van der Waals surface area contributed by atoms with Crippen LogP contribution in [0.1, 0.15) is 43.4 Å². The Hall–Kier alpha value is -1.19. The van der Waals surface area contributed by atoms with Crippen LogP contribution < -0.4 is 5.32 Å². The fourth-order valence-corrected chi connectivity index (χ4v) is 2.79. The van der Waals surface area contributed by atoms with Crippen molar-refractivity contribution in [2.24, 2.45) is 0 Å². The second-order valence-corrected chi connectivity index (χ2v) is 6.07. The fraction of sp³-hybridized carbons (Fsp3) is 0.333. The standard InChI is InChI=1S/C18H21BrFN/c1-2-3-8-18(14-9-11-16(20)12-10-14)21-13-15-6-4-5-7-17(15)19/h4-7,9-12,18,21H,2-3,8,13H2,1H3. The van der Waals surface area contributed by atoms with Gasteiger partial charge < -0.3 is 5.32 Å². The third-order valence-corrected chi connectivity index (χ3v) is 4.39. The molecule has 112 valence electrons. The molecule has 2 rings (SSSR count). The van der Waals surface area contributed by atoms with Crippen LogP contribution in [-0.4, -0.2) is 0 Å². The van der Waals surface area contributed by atoms with Crippen molar-refractivity contribution in [1.82, 2.24) is 5.32 Å². The van der Waals surface area contributed by atoms with Gasteiger partial charge in [0.1, 0.15) is 5.82 Å². The van der Waals surface area contributed by atoms with Gasteiger partial charge in [0.05, 0.1) is 0 Å². The van der Waals surface area contributed by atoms with Crippen LogP contribution in [0, 0.1) is 5.82 Å². The van der Waals surface area contributed by atoms with Crippen molar-refractivity contribution in [2.45, 2.75) is 38.8 Å². The van der Waals surface area contributed by atoms with Gasteiger partial charge in [-0.05, 0) is 35.7 Å². The molecule has 1 atom stereocenters. The first-order valence-electron chi connectivity index (χ1n) is 7.43. The van der Waals surface area contributed by atoms with Crippen molar-refractivity contribution in [3.63, 3.8) is 0 Å². The van der Waals surface area contributed by atoms with E-state index in [1.54, 1.807) is 0 Å². The first kappa shape index (κ1) is 16.2. The molecule has 0 heterocycles. The maximum Gasteiger partial charge on any atom is 0.123 e. The van der Waals surface area contributed by atoms with Crippen LogP contribution in [0.5, 0.6) is 0 Å². The van der Waals surface area contributed by atoms with Gasteiger partial charge >= 0.3 is 0 Å². The molecule has 3 heteroatoms. The van der Waals surface area contributed by atoms with E-state index in [0.29, 0.717) is 0 Å². The Balaban J connectivity index is 2.06. The molecule has 0 aliphatic rings. The number of benzene rings is 2. The first-order chi connectivity index (χ1) is 10.2. The summed E-state index contributed by atoms with van der Waals surface area (Å²) in [5, 5.41) is 3.59. The molecular weight excluding hydrogens is 329 g/mol. The van der Waals surface area contributed by atoms with E-state index in [9.17, 15) is 4.39 Å². The molecule has 0 spiro atoms. The van der Waals surface area contributed by atoms with Crippen molar-refractivity contribution in [3.8, 4) is 0 Å². The summed E-state index contributed by atoms with van der Waals surface area (Å²) in [4.78, 5) is 0. The van der Waals surface area contributed by atoms with E-state index in [1.165, 1.54) is 17.7 Å². The maximum atomic E-state index is 13.1. The van der Waals surface area contributed by atoms with Crippen molar-refractivity contribution >= 4 is 15.9 Å². The second-order valence-electron chi connectivity index (χ2n) is 5.22. The number of halogens is 2. The Labute approximate surface area is 134 Å². The van der Waals surface area contributed by atoms with Crippen LogP contribution in [0.25, 0.3) is 0 Å². The SMILES string of the molecule is CCCCC(NCc1ccccc1Br)c1ccc(F)cc1. The van der Waals surface area contributed by atoms with Gasteiger partial charge in [0.15, 0.2) is 0 Å². The summed E-state index contributed by atoms with van der Waals surface area (Å²) in [5.74, 6) is -0.182. The van der Waals surface area contributed by atoms with Gasteiger partial charge in [-0.15, -0.1) is 0 Å². The zero-order chi connectivity index (χ0) is 15.1. The summed E-state index contributed by atoms with van der Waals surface area (Å²) in [7, 11) is 0. The number of rotatable bonds is 7. The average molecular weight is 350 g/mol. The van der Waals surface area contributed by atoms with Gasteiger partial charge in [0.2, 0.25) is 0 Å². The first-order valence-corrected chi connectivity index (χ1v) is 8.22. The molecule has 0 aromatic heterocycles. The van der Waals surface area contributed by atoms with Crippen LogP contribution in [-0.2, 0) is 6.54 Å². The van der Waals surface area contributed by atoms with Crippen LogP contribution in [0.15, 0.2) is 53.0 Å². The highest BCUT2D eigenvalue weighted by Gasteiger charge is 2.11. The molecule has 0 aliphatic heterocycles. The normalized spacial score (nSPS) is 12.3. The molecule has 21 heavy (non-hydrogen) atoms. The van der Waals surface area contributed by atoms with Gasteiger partial charge in [0, 0.05) is 17.1 Å². The third kappa shape index (κ3) is 4.94. The summed E-state index contributed by atoms with van der Waals surface area (Å²) in [6, 6.07) is 15.3. The number of unbranched alkanes of at least 4 members (excludes halogenated alkanes) is 1. The van der Waals surface area contributed by atoms with E-state index in [-0.39, 0.29) is 11.9 Å². The molecule has 1 nitrogen and oxygen atoms in total. The lowest BCUT2D eigenvalue weighted by molar-refractivity contribution is 0.479. The molecule has 2 aromatic carbocycles. The van der Waals surface area contributed by atoms with Gasteiger partial charge in [0.25, 0.3) is 0 Å². The van der Waals surface area contributed by atoms with Crippen molar-refractivity contribution < 1.29 is 4.39 Å². The number of hydrogen-bond donors (Lipinski definition) is 1. The molecule has 0 fully saturated rings. The minimum atomic E-state index is -0.182. The largest absolute Gasteiger partial charge is 0.306 e. The van der Waals surface area contributed by atoms with Crippen molar-refractivity contribution in [1.29, 1.82) is 0 Å². The van der Waals surface area contributed by atoms with E-state index in [2.05, 4.69) is 40.3 Å². The van der Waals surface area contributed by atoms with Crippen LogP contribution >= 0.6 is 15.9 Å². The fourth-order valence-electron chi connectivity index (χ4n) is 2.36. The molecule has 1 unspecified atom stereocenters. The summed E-state index contributed by atoms with van der Waals surface area (Å²) < 4.78 is 14.2. The highest BCUT2D eigenvalue weighted by Crippen LogP contribution is 2.22. The number of nitrogens with one attached hydrogen (secondary N) is 1. The lowest BCUT2D eigenvalue weighted by Gasteiger charge is -2.19. The lowest BCUT2D eigenvalue weighted by Crippen LogP contribution is -2.21. The van der Waals surface area contributed by atoms with Crippen LogP contribution in [0.2, 0.25) is 0 Å². The zero-order valence-corrected chi connectivity index (χ0v) is 13.9. The molecule has 0 radical (unpaired) electrons. The molecule has 0 aliphatic carbocycles. The summed E-state index contributed by atoms with van der Waals surface area (Å²) in [5.41, 5.74) is 2.39. The van der Waals surface area contributed by atoms with Crippen molar-refractivity contribution in [3.05, 3.63) is 69.9 Å². The van der Waals surface area contributed by atoms with Crippen LogP contribution in [0.3, 0.4) is 0 Å². The van der Waals surface area contributed by atoms with Gasteiger partial charge in [-0.3, -0.25) is 0 Å². The molecule has 2 aromatic rings. The van der Waals surface area contributed by atoms with E-state index in [1.807, 2.05) is 24.3 Å². The van der Waals surface area contributed by atoms with Crippen molar-refractivity contribution in [2.75, 3.05) is 0 Å². The highest BCUT2D eigenvalue weighted by molar-refractivity contribution is 9.10. The van der Waals surface area contributed by atoms with E-state index >= 15 is 0 Å². The quantitative estimate of drug-likeness (QED) is 0.684. The maximum absolute atomic E-state index is 13.1. The van der Waals surface area contributed by atoms with E-state index in [4.69, 9.17) is 0 Å². The summed E-state index contributed by atoms with van der Waals surface area (Å²) in [6.07, 6.45) is 3.38. The van der Waals surface area contributed by atoms with Gasteiger partial charge in [-0.1, -0.05) is 66.0 Å². The summed E-state index contributed by atoms with van der Waals surface area (Å²) >= 11 is 3.58.